The highest BCUT2D eigenvalue weighted by atomic mass is 16.2. The van der Waals surface area contributed by atoms with Gasteiger partial charge in [0, 0.05) is 25.7 Å². The van der Waals surface area contributed by atoms with E-state index in [4.69, 9.17) is 0 Å². The number of hydrogen-bond donors (Lipinski definition) is 1. The van der Waals surface area contributed by atoms with Gasteiger partial charge >= 0.3 is 0 Å². The second-order valence-electron chi connectivity index (χ2n) is 10.5. The first kappa shape index (κ1) is 22.5. The predicted molar refractivity (Wildman–Crippen MR) is 117 cm³/mol. The number of hydrogen-bond acceptors (Lipinski definition) is 4. The molecule has 3 aliphatic rings. The fourth-order valence-corrected chi connectivity index (χ4v) is 5.33. The molecule has 2 amide bonds. The van der Waals surface area contributed by atoms with Crippen LogP contribution in [0.15, 0.2) is 0 Å². The molecule has 0 bridgehead atoms. The van der Waals surface area contributed by atoms with Gasteiger partial charge in [-0.1, -0.05) is 20.8 Å². The highest BCUT2D eigenvalue weighted by Gasteiger charge is 2.33. The molecule has 3 heterocycles. The molecule has 6 nitrogen and oxygen atoms in total. The summed E-state index contributed by atoms with van der Waals surface area (Å²) < 4.78 is 0. The highest BCUT2D eigenvalue weighted by molar-refractivity contribution is 5.78. The van der Waals surface area contributed by atoms with Crippen molar-refractivity contribution in [2.24, 2.45) is 17.3 Å². The van der Waals surface area contributed by atoms with Gasteiger partial charge in [0.05, 0.1) is 6.54 Å². The summed E-state index contributed by atoms with van der Waals surface area (Å²) in [5.74, 6) is 1.61. The van der Waals surface area contributed by atoms with Crippen LogP contribution in [0.4, 0.5) is 0 Å². The zero-order chi connectivity index (χ0) is 20.9. The molecule has 1 N–H and O–H groups in total. The average Bonchev–Trinajstić information content (AvgIpc) is 2.72. The monoisotopic (exact) mass is 406 g/mol. The molecule has 0 atom stereocenters. The molecule has 29 heavy (non-hydrogen) atoms. The lowest BCUT2D eigenvalue weighted by atomic mass is 9.75. The Labute approximate surface area is 177 Å². The fourth-order valence-electron chi connectivity index (χ4n) is 5.33. The van der Waals surface area contributed by atoms with E-state index in [-0.39, 0.29) is 0 Å². The van der Waals surface area contributed by atoms with E-state index in [9.17, 15) is 9.59 Å². The molecule has 3 saturated heterocycles. The van der Waals surface area contributed by atoms with E-state index in [0.717, 1.165) is 83.8 Å². The average molecular weight is 407 g/mol. The van der Waals surface area contributed by atoms with Gasteiger partial charge in [-0.25, -0.2) is 0 Å². The summed E-state index contributed by atoms with van der Waals surface area (Å²) in [5.41, 5.74) is 0.369. The summed E-state index contributed by atoms with van der Waals surface area (Å²) in [4.78, 5) is 30.9. The molecule has 0 spiro atoms. The topological polar surface area (TPSA) is 55.9 Å². The van der Waals surface area contributed by atoms with E-state index < -0.39 is 0 Å². The van der Waals surface area contributed by atoms with Crippen molar-refractivity contribution in [1.29, 1.82) is 0 Å². The minimum Gasteiger partial charge on any atom is -0.345 e. The van der Waals surface area contributed by atoms with Crippen LogP contribution in [-0.2, 0) is 9.59 Å². The van der Waals surface area contributed by atoms with E-state index in [0.29, 0.717) is 29.8 Å². The number of carbonyl (C=O) groups is 2. The van der Waals surface area contributed by atoms with Gasteiger partial charge in [-0.15, -0.1) is 0 Å². The first-order chi connectivity index (χ1) is 13.9. The minimum atomic E-state index is 0.323. The molecule has 0 saturated carbocycles. The largest absolute Gasteiger partial charge is 0.345 e. The van der Waals surface area contributed by atoms with E-state index in [2.05, 4.69) is 35.9 Å². The number of nitrogens with zero attached hydrogens (tertiary/aromatic N) is 3. The van der Waals surface area contributed by atoms with Crippen molar-refractivity contribution in [3.05, 3.63) is 0 Å². The summed E-state index contributed by atoms with van der Waals surface area (Å²) in [6, 6.07) is 0.375. The van der Waals surface area contributed by atoms with Crippen molar-refractivity contribution in [2.75, 3.05) is 52.4 Å². The minimum absolute atomic E-state index is 0.323. The van der Waals surface area contributed by atoms with Gasteiger partial charge in [0.25, 0.3) is 0 Å². The Morgan fingerprint density at radius 3 is 2.17 bits per heavy atom. The molecule has 3 rings (SSSR count). The van der Waals surface area contributed by atoms with Gasteiger partial charge in [-0.2, -0.15) is 0 Å². The van der Waals surface area contributed by atoms with Crippen molar-refractivity contribution >= 4 is 12.3 Å². The third kappa shape index (κ3) is 6.42. The zero-order valence-corrected chi connectivity index (χ0v) is 18.9. The Morgan fingerprint density at radius 1 is 1.00 bits per heavy atom. The summed E-state index contributed by atoms with van der Waals surface area (Å²) in [6.45, 7) is 14.3. The standard InChI is InChI=1S/C23H42N4O2/c1-23(2,3)20-8-14-25(15-9-20)17-22(29)27(21-4-10-24-11-5-21)16-19-6-12-26(18-28)13-7-19/h18-21,24H,4-17H2,1-3H3. The molecule has 0 aliphatic carbocycles. The first-order valence-corrected chi connectivity index (χ1v) is 11.8. The predicted octanol–water partition coefficient (Wildman–Crippen LogP) is 2.19. The molecular formula is C23H42N4O2. The number of piperidine rings is 3. The van der Waals surface area contributed by atoms with Crippen LogP contribution in [0.2, 0.25) is 0 Å². The summed E-state index contributed by atoms with van der Waals surface area (Å²) >= 11 is 0. The maximum absolute atomic E-state index is 13.4. The van der Waals surface area contributed by atoms with Crippen molar-refractivity contribution in [1.82, 2.24) is 20.0 Å². The van der Waals surface area contributed by atoms with E-state index >= 15 is 0 Å². The molecular weight excluding hydrogens is 364 g/mol. The lowest BCUT2D eigenvalue weighted by molar-refractivity contribution is -0.137. The second-order valence-corrected chi connectivity index (χ2v) is 10.5. The highest BCUT2D eigenvalue weighted by Crippen LogP contribution is 2.34. The van der Waals surface area contributed by atoms with Crippen LogP contribution >= 0.6 is 0 Å². The number of amides is 2. The molecule has 0 aromatic carbocycles. The summed E-state index contributed by atoms with van der Waals surface area (Å²) in [5, 5.41) is 3.43. The Kier molecular flexibility index (Phi) is 7.97. The van der Waals surface area contributed by atoms with Gasteiger partial charge in [-0.05, 0) is 82.0 Å². The smallest absolute Gasteiger partial charge is 0.237 e. The van der Waals surface area contributed by atoms with Crippen molar-refractivity contribution in [2.45, 2.75) is 65.3 Å². The van der Waals surface area contributed by atoms with Crippen LogP contribution in [0.5, 0.6) is 0 Å². The van der Waals surface area contributed by atoms with Gasteiger partial charge in [0.2, 0.25) is 12.3 Å². The normalized spacial score (nSPS) is 23.9. The fraction of sp³-hybridized carbons (Fsp3) is 0.913. The molecule has 3 aliphatic heterocycles. The van der Waals surface area contributed by atoms with E-state index in [1.165, 1.54) is 12.8 Å². The van der Waals surface area contributed by atoms with Crippen LogP contribution in [0.3, 0.4) is 0 Å². The van der Waals surface area contributed by atoms with Gasteiger partial charge in [0.15, 0.2) is 0 Å². The molecule has 0 aromatic heterocycles. The molecule has 0 radical (unpaired) electrons. The van der Waals surface area contributed by atoms with Crippen LogP contribution in [0.1, 0.15) is 59.3 Å². The Balaban J connectivity index is 1.55. The number of nitrogens with one attached hydrogen (secondary N) is 1. The molecule has 166 valence electrons. The number of likely N-dealkylation sites (tertiary alicyclic amines) is 2. The Bertz CT molecular complexity index is 525. The zero-order valence-electron chi connectivity index (χ0n) is 18.9. The maximum Gasteiger partial charge on any atom is 0.237 e. The van der Waals surface area contributed by atoms with Crippen LogP contribution in [-0.4, -0.2) is 85.4 Å². The lowest BCUT2D eigenvalue weighted by Gasteiger charge is -2.41. The third-order valence-corrected chi connectivity index (χ3v) is 7.49. The van der Waals surface area contributed by atoms with Gasteiger partial charge in [-0.3, -0.25) is 14.5 Å². The SMILES string of the molecule is CC(C)(C)C1CCN(CC(=O)N(CC2CCN(C=O)CC2)C2CCNCC2)CC1. The summed E-state index contributed by atoms with van der Waals surface area (Å²) in [7, 11) is 0. The van der Waals surface area contributed by atoms with Crippen LogP contribution < -0.4 is 5.32 Å². The van der Waals surface area contributed by atoms with Crippen molar-refractivity contribution in [3.8, 4) is 0 Å². The van der Waals surface area contributed by atoms with Crippen molar-refractivity contribution < 1.29 is 9.59 Å². The lowest BCUT2D eigenvalue weighted by Crippen LogP contribution is -2.52. The van der Waals surface area contributed by atoms with Crippen LogP contribution in [0, 0.1) is 17.3 Å². The molecule has 0 aromatic rings. The quantitative estimate of drug-likeness (QED) is 0.687. The van der Waals surface area contributed by atoms with E-state index in [1.807, 2.05) is 4.90 Å². The van der Waals surface area contributed by atoms with Crippen LogP contribution in [0.25, 0.3) is 0 Å². The van der Waals surface area contributed by atoms with Gasteiger partial charge in [0.1, 0.15) is 0 Å². The first-order valence-electron chi connectivity index (χ1n) is 11.8. The molecule has 6 heteroatoms. The second kappa shape index (κ2) is 10.3. The van der Waals surface area contributed by atoms with Crippen molar-refractivity contribution in [3.63, 3.8) is 0 Å². The number of carbonyl (C=O) groups excluding carboxylic acids is 2. The Morgan fingerprint density at radius 2 is 1.62 bits per heavy atom. The van der Waals surface area contributed by atoms with Gasteiger partial charge < -0.3 is 15.1 Å². The molecule has 0 unspecified atom stereocenters. The third-order valence-electron chi connectivity index (χ3n) is 7.49. The maximum atomic E-state index is 13.4. The van der Waals surface area contributed by atoms with E-state index in [1.54, 1.807) is 0 Å². The number of rotatable bonds is 6. The Hall–Kier alpha value is -1.14. The molecule has 3 fully saturated rings. The summed E-state index contributed by atoms with van der Waals surface area (Å²) in [6.07, 6.45) is 7.53.